The molecule has 0 saturated heterocycles. The summed E-state index contributed by atoms with van der Waals surface area (Å²) in [6.07, 6.45) is 0. The zero-order valence-electron chi connectivity index (χ0n) is 12.0. The number of methoxy groups -OCH3 is 2. The molecule has 0 aliphatic rings. The maximum atomic E-state index is 12.5. The average Bonchev–Trinajstić information content (AvgIpc) is 2.47. The molecule has 0 atom stereocenters. The van der Waals surface area contributed by atoms with Gasteiger partial charge in [-0.05, 0) is 36.2 Å². The molecule has 0 aliphatic heterocycles. The molecule has 0 aliphatic carbocycles. The summed E-state index contributed by atoms with van der Waals surface area (Å²) in [6, 6.07) is 10.8. The lowest BCUT2D eigenvalue weighted by molar-refractivity contribution is -0.207. The molecule has 5 heteroatoms. The molecule has 0 aromatic heterocycles. The molecule has 0 N–H and O–H groups in total. The third-order valence-electron chi connectivity index (χ3n) is 3.04. The van der Waals surface area contributed by atoms with E-state index in [2.05, 4.69) is 0 Å². The Hall–Kier alpha value is -1.54. The molecular weight excluding hydrogens is 307 g/mol. The van der Waals surface area contributed by atoms with Crippen LogP contribution < -0.4 is 19.9 Å². The van der Waals surface area contributed by atoms with Gasteiger partial charge in [-0.25, -0.2) is 0 Å². The minimum Gasteiger partial charge on any atom is -0.823 e. The van der Waals surface area contributed by atoms with Crippen LogP contribution in [0.25, 0.3) is 0 Å². The standard InChI is InChI=1S/C16H16ClO3P/c1-10-5-4-6-12(17)15(10)16(18)21-14-8-7-11(19-2)9-13(14)20-3/h4-9,18H,1-3H3/p-1. The van der Waals surface area contributed by atoms with Crippen molar-refractivity contribution < 1.29 is 14.6 Å². The molecule has 21 heavy (non-hydrogen) atoms. The molecule has 0 radical (unpaired) electrons. The van der Waals surface area contributed by atoms with E-state index in [1.807, 2.05) is 25.1 Å². The smallest absolute Gasteiger partial charge is 0.134 e. The molecule has 0 heterocycles. The second kappa shape index (κ2) is 6.95. The largest absolute Gasteiger partial charge is 0.823 e. The predicted octanol–water partition coefficient (Wildman–Crippen LogP) is 2.78. The first-order valence-electron chi connectivity index (χ1n) is 6.30. The molecular formula is C16H15ClO3P-. The van der Waals surface area contributed by atoms with E-state index in [0.29, 0.717) is 30.3 Å². The van der Waals surface area contributed by atoms with Crippen molar-refractivity contribution >= 4 is 30.6 Å². The van der Waals surface area contributed by atoms with E-state index >= 15 is 0 Å². The van der Waals surface area contributed by atoms with Crippen LogP contribution >= 0.6 is 19.8 Å². The van der Waals surface area contributed by atoms with Crippen LogP contribution in [0.5, 0.6) is 11.5 Å². The van der Waals surface area contributed by atoms with E-state index in [-0.39, 0.29) is 5.48 Å². The minimum atomic E-state index is -0.0541. The molecule has 2 aromatic rings. The highest BCUT2D eigenvalue weighted by Gasteiger charge is 2.06. The Balaban J connectivity index is 2.48. The van der Waals surface area contributed by atoms with Crippen molar-refractivity contribution in [2.75, 3.05) is 14.2 Å². The maximum absolute atomic E-state index is 12.5. The van der Waals surface area contributed by atoms with Crippen molar-refractivity contribution in [2.45, 2.75) is 6.92 Å². The number of ether oxygens (including phenoxy) is 2. The van der Waals surface area contributed by atoms with Crippen LogP contribution in [-0.4, -0.2) is 19.7 Å². The Morgan fingerprint density at radius 2 is 1.90 bits per heavy atom. The highest BCUT2D eigenvalue weighted by atomic mass is 35.5. The number of hydrogen-bond donors (Lipinski definition) is 0. The monoisotopic (exact) mass is 321 g/mol. The molecule has 3 nitrogen and oxygen atoms in total. The van der Waals surface area contributed by atoms with Gasteiger partial charge < -0.3 is 14.6 Å². The first kappa shape index (κ1) is 15.8. The van der Waals surface area contributed by atoms with E-state index in [1.165, 1.54) is 0 Å². The van der Waals surface area contributed by atoms with Crippen molar-refractivity contribution in [2.24, 2.45) is 0 Å². The fraction of sp³-hybridized carbons (Fsp3) is 0.188. The molecule has 2 rings (SSSR count). The summed E-state index contributed by atoms with van der Waals surface area (Å²) in [6.45, 7) is 1.87. The third kappa shape index (κ3) is 3.56. The van der Waals surface area contributed by atoms with E-state index in [0.717, 1.165) is 10.9 Å². The minimum absolute atomic E-state index is 0.0541. The Morgan fingerprint density at radius 3 is 2.52 bits per heavy atom. The molecule has 2 aromatic carbocycles. The zero-order chi connectivity index (χ0) is 15.4. The Bertz CT molecular complexity index is 663. The van der Waals surface area contributed by atoms with Gasteiger partial charge in [0.2, 0.25) is 0 Å². The number of aryl methyl sites for hydroxylation is 1. The van der Waals surface area contributed by atoms with E-state index in [4.69, 9.17) is 21.1 Å². The zero-order valence-corrected chi connectivity index (χ0v) is 13.7. The summed E-state index contributed by atoms with van der Waals surface area (Å²) in [4.78, 5) is 0. The van der Waals surface area contributed by atoms with Crippen molar-refractivity contribution in [1.82, 2.24) is 0 Å². The van der Waals surface area contributed by atoms with Gasteiger partial charge in [0.1, 0.15) is 11.5 Å². The van der Waals surface area contributed by atoms with Crippen LogP contribution in [0, 0.1) is 6.92 Å². The lowest BCUT2D eigenvalue weighted by Gasteiger charge is -2.17. The molecule has 0 unspecified atom stereocenters. The van der Waals surface area contributed by atoms with Gasteiger partial charge in [0.05, 0.1) is 14.2 Å². The molecule has 0 spiro atoms. The number of rotatable bonds is 4. The summed E-state index contributed by atoms with van der Waals surface area (Å²) in [5.41, 5.74) is 1.37. The van der Waals surface area contributed by atoms with Crippen molar-refractivity contribution in [3.8, 4) is 11.5 Å². The third-order valence-corrected chi connectivity index (χ3v) is 4.40. The van der Waals surface area contributed by atoms with Crippen molar-refractivity contribution in [3.63, 3.8) is 0 Å². The lowest BCUT2D eigenvalue weighted by atomic mass is 10.1. The van der Waals surface area contributed by atoms with Gasteiger partial charge in [-0.3, -0.25) is 0 Å². The number of hydrogen-bond acceptors (Lipinski definition) is 3. The van der Waals surface area contributed by atoms with E-state index in [9.17, 15) is 5.11 Å². The van der Waals surface area contributed by atoms with Crippen LogP contribution in [0.1, 0.15) is 11.1 Å². The Kier molecular flexibility index (Phi) is 5.24. The van der Waals surface area contributed by atoms with Crippen LogP contribution in [0.4, 0.5) is 0 Å². The highest BCUT2D eigenvalue weighted by molar-refractivity contribution is 7.49. The van der Waals surface area contributed by atoms with Gasteiger partial charge in [-0.15, -0.1) is 5.48 Å². The molecule has 0 amide bonds. The topological polar surface area (TPSA) is 41.5 Å². The van der Waals surface area contributed by atoms with Gasteiger partial charge in [0.15, 0.2) is 0 Å². The van der Waals surface area contributed by atoms with Crippen LogP contribution in [0.15, 0.2) is 36.4 Å². The number of halogens is 1. The second-order valence-electron chi connectivity index (χ2n) is 4.39. The maximum Gasteiger partial charge on any atom is 0.134 e. The van der Waals surface area contributed by atoms with Crippen molar-refractivity contribution in [1.29, 1.82) is 0 Å². The fourth-order valence-corrected chi connectivity index (χ4v) is 3.36. The summed E-state index contributed by atoms with van der Waals surface area (Å²) < 4.78 is 10.5. The van der Waals surface area contributed by atoms with Crippen molar-refractivity contribution in [3.05, 3.63) is 52.5 Å². The summed E-state index contributed by atoms with van der Waals surface area (Å²) in [5.74, 6) is 1.31. The van der Waals surface area contributed by atoms with Crippen LogP contribution in [-0.2, 0) is 0 Å². The summed E-state index contributed by atoms with van der Waals surface area (Å²) in [5, 5.41) is 13.7. The first-order valence-corrected chi connectivity index (χ1v) is 7.57. The summed E-state index contributed by atoms with van der Waals surface area (Å²) >= 11 is 6.14. The Morgan fingerprint density at radius 1 is 1.14 bits per heavy atom. The van der Waals surface area contributed by atoms with Gasteiger partial charge in [0, 0.05) is 16.4 Å². The van der Waals surface area contributed by atoms with Crippen LogP contribution in [0.3, 0.4) is 0 Å². The lowest BCUT2D eigenvalue weighted by Crippen LogP contribution is -2.19. The molecule has 0 saturated carbocycles. The van der Waals surface area contributed by atoms with Gasteiger partial charge in [-0.1, -0.05) is 31.9 Å². The van der Waals surface area contributed by atoms with Crippen LogP contribution in [0.2, 0.25) is 5.02 Å². The first-order chi connectivity index (χ1) is 10.1. The summed E-state index contributed by atoms with van der Waals surface area (Å²) in [7, 11) is 3.68. The normalized spacial score (nSPS) is 11.4. The Labute approximate surface area is 130 Å². The molecule has 110 valence electrons. The fourth-order valence-electron chi connectivity index (χ4n) is 1.95. The molecule has 0 bridgehead atoms. The van der Waals surface area contributed by atoms with Gasteiger partial charge in [0.25, 0.3) is 0 Å². The SMILES string of the molecule is COc1ccc(P=C([O-])c2c(C)cccc2Cl)c(OC)c1. The predicted molar refractivity (Wildman–Crippen MR) is 86.4 cm³/mol. The molecule has 0 fully saturated rings. The quantitative estimate of drug-likeness (QED) is 0.813. The highest BCUT2D eigenvalue weighted by Crippen LogP contribution is 2.25. The van der Waals surface area contributed by atoms with E-state index < -0.39 is 0 Å². The van der Waals surface area contributed by atoms with E-state index in [1.54, 1.807) is 32.4 Å². The average molecular weight is 322 g/mol. The van der Waals surface area contributed by atoms with Gasteiger partial charge >= 0.3 is 0 Å². The van der Waals surface area contributed by atoms with Gasteiger partial charge in [-0.2, -0.15) is 0 Å². The number of benzene rings is 2. The second-order valence-corrected chi connectivity index (χ2v) is 5.91.